The van der Waals surface area contributed by atoms with Crippen molar-refractivity contribution in [1.29, 1.82) is 0 Å². The monoisotopic (exact) mass is 222 g/mol. The van der Waals surface area contributed by atoms with Gasteiger partial charge in [0.2, 0.25) is 6.54 Å². The summed E-state index contributed by atoms with van der Waals surface area (Å²) >= 11 is 0. The van der Waals surface area contributed by atoms with Gasteiger partial charge in [-0.3, -0.25) is 10.1 Å². The highest BCUT2D eigenvalue weighted by atomic mass is 16.9. The van der Waals surface area contributed by atoms with Crippen molar-refractivity contribution in [2.24, 2.45) is 5.92 Å². The fourth-order valence-corrected chi connectivity index (χ4v) is 1.34. The molecule has 2 unspecified atom stereocenters. The fourth-order valence-electron chi connectivity index (χ4n) is 1.34. The Morgan fingerprint density at radius 3 is 2.40 bits per heavy atom. The minimum absolute atomic E-state index is 0.0713. The molecule has 0 aliphatic rings. The summed E-state index contributed by atoms with van der Waals surface area (Å²) in [5.41, 5.74) is -1.47. The Hall–Kier alpha value is -1.44. The Balaban J connectivity index is 3.97. The maximum absolute atomic E-state index is 10.2. The van der Waals surface area contributed by atoms with E-state index in [1.165, 1.54) is 6.92 Å². The van der Waals surface area contributed by atoms with Gasteiger partial charge in [0.05, 0.1) is 6.61 Å². The van der Waals surface area contributed by atoms with E-state index in [9.17, 15) is 25.3 Å². The molecule has 0 saturated heterocycles. The molecule has 8 heteroatoms. The van der Waals surface area contributed by atoms with Crippen LogP contribution < -0.4 is 0 Å². The Labute approximate surface area is 86.1 Å². The number of nitrogens with zero attached hydrogens (tertiary/aromatic N) is 2. The van der Waals surface area contributed by atoms with Crippen molar-refractivity contribution in [2.75, 3.05) is 13.2 Å². The van der Waals surface area contributed by atoms with Crippen LogP contribution in [-0.4, -0.2) is 33.9 Å². The van der Waals surface area contributed by atoms with Crippen LogP contribution in [0, 0.1) is 26.1 Å². The van der Waals surface area contributed by atoms with Crippen molar-refractivity contribution >= 4 is 0 Å². The Morgan fingerprint density at radius 1 is 1.47 bits per heavy atom. The van der Waals surface area contributed by atoms with Gasteiger partial charge in [-0.05, 0) is 19.3 Å². The quantitative estimate of drug-likeness (QED) is 0.487. The van der Waals surface area contributed by atoms with Gasteiger partial charge in [-0.2, -0.15) is 0 Å². The van der Waals surface area contributed by atoms with E-state index >= 15 is 0 Å². The second-order valence-electron chi connectivity index (χ2n) is 3.82. The smallest absolute Gasteiger partial charge is 0.294 e. The molecule has 1 N–H and O–H groups in total. The third-order valence-electron chi connectivity index (χ3n) is 1.72. The van der Waals surface area contributed by atoms with E-state index in [1.54, 1.807) is 6.92 Å². The van der Waals surface area contributed by atoms with Gasteiger partial charge < -0.3 is 9.94 Å². The number of nitro groups is 1. The summed E-state index contributed by atoms with van der Waals surface area (Å²) < 4.78 is 0. The van der Waals surface area contributed by atoms with Crippen molar-refractivity contribution in [2.45, 2.75) is 25.9 Å². The Kier molecular flexibility index (Phi) is 4.92. The summed E-state index contributed by atoms with van der Waals surface area (Å²) in [6, 6.07) is 0. The van der Waals surface area contributed by atoms with Crippen LogP contribution in [0.5, 0.6) is 0 Å². The summed E-state index contributed by atoms with van der Waals surface area (Å²) in [5.74, 6) is -0.328. The van der Waals surface area contributed by atoms with Gasteiger partial charge in [0.25, 0.3) is 5.09 Å². The number of aliphatic hydroxyl groups is 1. The lowest BCUT2D eigenvalue weighted by molar-refractivity contribution is -0.759. The van der Waals surface area contributed by atoms with E-state index in [-0.39, 0.29) is 18.9 Å². The molecule has 15 heavy (non-hydrogen) atoms. The summed E-state index contributed by atoms with van der Waals surface area (Å²) in [6.45, 7) is 2.16. The molecule has 0 aliphatic heterocycles. The molecule has 0 aromatic carbocycles. The highest BCUT2D eigenvalue weighted by Gasteiger charge is 2.29. The lowest BCUT2D eigenvalue weighted by atomic mass is 9.94. The first kappa shape index (κ1) is 13.6. The van der Waals surface area contributed by atoms with Crippen molar-refractivity contribution < 1.29 is 20.0 Å². The molecule has 0 fully saturated rings. The largest absolute Gasteiger partial charge is 0.383 e. The van der Waals surface area contributed by atoms with Gasteiger partial charge in [-0.15, -0.1) is 10.1 Å². The van der Waals surface area contributed by atoms with Crippen molar-refractivity contribution in [1.82, 2.24) is 0 Å². The van der Waals surface area contributed by atoms with Crippen LogP contribution in [0.3, 0.4) is 0 Å². The maximum atomic E-state index is 10.2. The molecule has 0 heterocycles. The fraction of sp³-hybridized carbons (Fsp3) is 1.00. The lowest BCUT2D eigenvalue weighted by Gasteiger charge is -2.21. The third kappa shape index (κ3) is 7.62. The average molecular weight is 222 g/mol. The zero-order valence-corrected chi connectivity index (χ0v) is 8.58. The number of rotatable bonds is 7. The summed E-state index contributed by atoms with van der Waals surface area (Å²) in [7, 11) is 0. The second-order valence-corrected chi connectivity index (χ2v) is 3.82. The summed E-state index contributed by atoms with van der Waals surface area (Å²) in [6.07, 6.45) is 0.0713. The zero-order valence-electron chi connectivity index (χ0n) is 8.58. The lowest BCUT2D eigenvalue weighted by Crippen LogP contribution is -2.36. The molecule has 0 aromatic rings. The molecule has 0 aromatic heterocycles. The van der Waals surface area contributed by atoms with Crippen LogP contribution in [0.15, 0.2) is 0 Å². The van der Waals surface area contributed by atoms with E-state index in [4.69, 9.17) is 0 Å². The predicted molar refractivity (Wildman–Crippen MR) is 49.2 cm³/mol. The molecule has 0 saturated carbocycles. The maximum Gasteiger partial charge on any atom is 0.294 e. The van der Waals surface area contributed by atoms with Crippen LogP contribution in [0.4, 0.5) is 0 Å². The first-order chi connectivity index (χ1) is 6.73. The molecule has 88 valence electrons. The highest BCUT2D eigenvalue weighted by Crippen LogP contribution is 2.17. The Morgan fingerprint density at radius 2 is 2.00 bits per heavy atom. The standard InChI is InChI=1S/C7H14N2O6/c1-6(4-15-9(13)14)3-7(2,10)5-8(11)12/h6,10H,3-5H2,1-2H3. The van der Waals surface area contributed by atoms with Crippen LogP contribution in [0.1, 0.15) is 20.3 Å². The van der Waals surface area contributed by atoms with Gasteiger partial charge >= 0.3 is 0 Å². The minimum atomic E-state index is -1.47. The zero-order chi connectivity index (χ0) is 12.1. The average Bonchev–Trinajstić information content (AvgIpc) is 1.96. The molecule has 0 radical (unpaired) electrons. The van der Waals surface area contributed by atoms with Crippen molar-refractivity contribution in [3.05, 3.63) is 20.2 Å². The second kappa shape index (κ2) is 5.44. The number of hydrogen-bond acceptors (Lipinski definition) is 6. The summed E-state index contributed by atoms with van der Waals surface area (Å²) in [4.78, 5) is 23.5. The van der Waals surface area contributed by atoms with Crippen molar-refractivity contribution in [3.63, 3.8) is 0 Å². The van der Waals surface area contributed by atoms with E-state index < -0.39 is 22.2 Å². The molecular formula is C7H14N2O6. The van der Waals surface area contributed by atoms with E-state index in [2.05, 4.69) is 4.84 Å². The summed E-state index contributed by atoms with van der Waals surface area (Å²) in [5, 5.41) is 28.6. The molecule has 0 rings (SSSR count). The first-order valence-corrected chi connectivity index (χ1v) is 4.34. The molecule has 0 spiro atoms. The van der Waals surface area contributed by atoms with Gasteiger partial charge in [0.15, 0.2) is 0 Å². The van der Waals surface area contributed by atoms with Crippen LogP contribution >= 0.6 is 0 Å². The van der Waals surface area contributed by atoms with Gasteiger partial charge in [-0.25, -0.2) is 0 Å². The SMILES string of the molecule is CC(CO[N+](=O)[O-])CC(C)(O)C[N+](=O)[O-]. The van der Waals surface area contributed by atoms with Crippen LogP contribution in [-0.2, 0) is 4.84 Å². The molecule has 8 nitrogen and oxygen atoms in total. The van der Waals surface area contributed by atoms with Crippen molar-refractivity contribution in [3.8, 4) is 0 Å². The predicted octanol–water partition coefficient (Wildman–Crippen LogP) is 0.249. The van der Waals surface area contributed by atoms with Gasteiger partial charge in [0.1, 0.15) is 5.60 Å². The normalized spacial score (nSPS) is 16.5. The van der Waals surface area contributed by atoms with Crippen LogP contribution in [0.25, 0.3) is 0 Å². The van der Waals surface area contributed by atoms with Crippen LogP contribution in [0.2, 0.25) is 0 Å². The molecule has 2 atom stereocenters. The van der Waals surface area contributed by atoms with E-state index in [1.807, 2.05) is 0 Å². The van der Waals surface area contributed by atoms with Gasteiger partial charge in [0, 0.05) is 4.92 Å². The first-order valence-electron chi connectivity index (χ1n) is 4.34. The van der Waals surface area contributed by atoms with Gasteiger partial charge in [-0.1, -0.05) is 6.92 Å². The molecular weight excluding hydrogens is 208 g/mol. The van der Waals surface area contributed by atoms with E-state index in [0.717, 1.165) is 0 Å². The number of hydrogen-bond donors (Lipinski definition) is 1. The topological polar surface area (TPSA) is 116 Å². The molecule has 0 bridgehead atoms. The highest BCUT2D eigenvalue weighted by molar-refractivity contribution is 4.74. The van der Waals surface area contributed by atoms with E-state index in [0.29, 0.717) is 0 Å². The third-order valence-corrected chi connectivity index (χ3v) is 1.72. The molecule has 0 aliphatic carbocycles. The molecule has 0 amide bonds. The minimum Gasteiger partial charge on any atom is -0.383 e. The Bertz CT molecular complexity index is 242.